The third-order valence-corrected chi connectivity index (χ3v) is 3.85. The maximum atomic E-state index is 11.0. The number of benzene rings is 1. The molecule has 2 atom stereocenters. The Morgan fingerprint density at radius 3 is 2.75 bits per heavy atom. The van der Waals surface area contributed by atoms with Crippen molar-refractivity contribution in [3.8, 4) is 5.75 Å². The summed E-state index contributed by atoms with van der Waals surface area (Å²) in [6.07, 6.45) is 2.20. The topological polar surface area (TPSA) is 125 Å². The molecule has 0 amide bonds. The lowest BCUT2D eigenvalue weighted by Gasteiger charge is -2.28. The van der Waals surface area contributed by atoms with Gasteiger partial charge in [0.1, 0.15) is 5.75 Å². The zero-order chi connectivity index (χ0) is 14.8. The molecule has 0 aromatic heterocycles. The summed E-state index contributed by atoms with van der Waals surface area (Å²) in [5.41, 5.74) is 0.480. The Labute approximate surface area is 118 Å². The molecule has 1 aliphatic rings. The fourth-order valence-electron chi connectivity index (χ4n) is 2.35. The highest BCUT2D eigenvalue weighted by Gasteiger charge is 2.23. The van der Waals surface area contributed by atoms with Crippen LogP contribution in [-0.4, -0.2) is 31.2 Å². The Kier molecular flexibility index (Phi) is 4.48. The van der Waals surface area contributed by atoms with Gasteiger partial charge in [0.2, 0.25) is 0 Å². The highest BCUT2D eigenvalue weighted by molar-refractivity contribution is 7.90. The van der Waals surface area contributed by atoms with Gasteiger partial charge in [-0.25, -0.2) is 5.14 Å². The first-order chi connectivity index (χ1) is 9.37. The van der Waals surface area contributed by atoms with E-state index in [-0.39, 0.29) is 17.5 Å². The third-order valence-electron chi connectivity index (χ3n) is 3.34. The predicted octanol–water partition coefficient (Wildman–Crippen LogP) is 0.183. The maximum Gasteiger partial charge on any atom is 0.296 e. The van der Waals surface area contributed by atoms with Gasteiger partial charge in [-0.3, -0.25) is 4.72 Å². The van der Waals surface area contributed by atoms with Crippen LogP contribution in [0.4, 0.5) is 5.69 Å². The molecule has 1 aromatic rings. The third kappa shape index (κ3) is 3.83. The molecule has 1 saturated heterocycles. The quantitative estimate of drug-likeness (QED) is 0.507. The number of phenolic OH excluding ortho intramolecular Hbond substituents is 1. The Morgan fingerprint density at radius 2 is 2.15 bits per heavy atom. The second kappa shape index (κ2) is 5.96. The van der Waals surface area contributed by atoms with Crippen molar-refractivity contribution in [1.82, 2.24) is 5.32 Å². The second-order valence-corrected chi connectivity index (χ2v) is 6.22. The van der Waals surface area contributed by atoms with Crippen molar-refractivity contribution in [2.75, 3.05) is 11.3 Å². The first-order valence-corrected chi connectivity index (χ1v) is 7.96. The number of anilines is 1. The van der Waals surface area contributed by atoms with E-state index in [9.17, 15) is 18.6 Å². The van der Waals surface area contributed by atoms with Crippen LogP contribution >= 0.6 is 0 Å². The Hall–Kier alpha value is -1.35. The van der Waals surface area contributed by atoms with Crippen molar-refractivity contribution in [2.45, 2.75) is 31.4 Å². The van der Waals surface area contributed by atoms with Crippen LogP contribution in [-0.2, 0) is 10.2 Å². The minimum absolute atomic E-state index is 0.0418. The van der Waals surface area contributed by atoms with Crippen molar-refractivity contribution in [1.29, 1.82) is 0 Å². The molecule has 2 unspecified atom stereocenters. The van der Waals surface area contributed by atoms with Crippen LogP contribution in [0.2, 0.25) is 0 Å². The fraction of sp³-hybridized carbons (Fsp3) is 0.500. The van der Waals surface area contributed by atoms with Gasteiger partial charge in [-0.1, -0.05) is 12.5 Å². The number of nitrogens with one attached hydrogen (secondary N) is 2. The van der Waals surface area contributed by atoms with Crippen LogP contribution in [0.15, 0.2) is 18.2 Å². The summed E-state index contributed by atoms with van der Waals surface area (Å²) < 4.78 is 24.0. The highest BCUT2D eigenvalue weighted by atomic mass is 32.2. The Bertz CT molecular complexity index is 570. The summed E-state index contributed by atoms with van der Waals surface area (Å²) in [4.78, 5) is 0. The largest absolute Gasteiger partial charge is 0.506 e. The normalized spacial score (nSPS) is 21.4. The number of nitrogens with two attached hydrogens (primary N) is 1. The Balaban J connectivity index is 2.21. The van der Waals surface area contributed by atoms with Crippen LogP contribution in [0, 0.1) is 0 Å². The molecule has 0 radical (unpaired) electrons. The summed E-state index contributed by atoms with van der Waals surface area (Å²) in [5, 5.41) is 28.0. The van der Waals surface area contributed by atoms with E-state index in [2.05, 4.69) is 5.32 Å². The molecule has 0 bridgehead atoms. The summed E-state index contributed by atoms with van der Waals surface area (Å²) in [5.74, 6) is -0.244. The van der Waals surface area contributed by atoms with E-state index >= 15 is 0 Å². The molecule has 20 heavy (non-hydrogen) atoms. The van der Waals surface area contributed by atoms with Gasteiger partial charge in [0.15, 0.2) is 0 Å². The molecule has 1 heterocycles. The summed E-state index contributed by atoms with van der Waals surface area (Å²) in [6.45, 7) is 0.849. The van der Waals surface area contributed by atoms with Gasteiger partial charge >= 0.3 is 0 Å². The molecule has 0 spiro atoms. The zero-order valence-corrected chi connectivity index (χ0v) is 11.7. The van der Waals surface area contributed by atoms with Crippen molar-refractivity contribution in [3.63, 3.8) is 0 Å². The van der Waals surface area contributed by atoms with Crippen molar-refractivity contribution in [2.24, 2.45) is 5.14 Å². The standard InChI is InChI=1S/C12H19N3O4S/c13-20(18,19)15-10-7-8(4-5-11(10)16)12(17)9-3-1-2-6-14-9/h4-5,7,9,12,14-17H,1-3,6H2,(H2,13,18,19). The van der Waals surface area contributed by atoms with E-state index in [1.165, 1.54) is 12.1 Å². The van der Waals surface area contributed by atoms with Gasteiger partial charge in [-0.2, -0.15) is 8.42 Å². The maximum absolute atomic E-state index is 11.0. The van der Waals surface area contributed by atoms with E-state index in [1.807, 2.05) is 4.72 Å². The number of aromatic hydroxyl groups is 1. The van der Waals surface area contributed by atoms with Gasteiger partial charge in [0.25, 0.3) is 10.2 Å². The average Bonchev–Trinajstić information content (AvgIpc) is 2.40. The summed E-state index contributed by atoms with van der Waals surface area (Å²) in [7, 11) is -3.97. The van der Waals surface area contributed by atoms with Crippen LogP contribution in [0.25, 0.3) is 0 Å². The van der Waals surface area contributed by atoms with Gasteiger partial charge in [0.05, 0.1) is 11.8 Å². The minimum atomic E-state index is -3.97. The highest BCUT2D eigenvalue weighted by Crippen LogP contribution is 2.30. The molecule has 8 heteroatoms. The first kappa shape index (κ1) is 15.0. The van der Waals surface area contributed by atoms with E-state index < -0.39 is 16.3 Å². The minimum Gasteiger partial charge on any atom is -0.506 e. The summed E-state index contributed by atoms with van der Waals surface area (Å²) >= 11 is 0. The predicted molar refractivity (Wildman–Crippen MR) is 75.4 cm³/mol. The fourth-order valence-corrected chi connectivity index (χ4v) is 2.82. The second-order valence-electron chi connectivity index (χ2n) is 4.92. The number of hydrogen-bond donors (Lipinski definition) is 5. The zero-order valence-electron chi connectivity index (χ0n) is 10.9. The molecule has 7 nitrogen and oxygen atoms in total. The number of hydrogen-bond acceptors (Lipinski definition) is 5. The van der Waals surface area contributed by atoms with Gasteiger partial charge < -0.3 is 15.5 Å². The van der Waals surface area contributed by atoms with E-state index in [1.54, 1.807) is 6.07 Å². The first-order valence-electron chi connectivity index (χ1n) is 6.42. The number of aliphatic hydroxyl groups excluding tert-OH is 1. The van der Waals surface area contributed by atoms with Crippen molar-refractivity contribution >= 4 is 15.9 Å². The van der Waals surface area contributed by atoms with Crippen LogP contribution in [0.1, 0.15) is 30.9 Å². The molecule has 1 aromatic carbocycles. The van der Waals surface area contributed by atoms with E-state index in [4.69, 9.17) is 5.14 Å². The van der Waals surface area contributed by atoms with E-state index in [0.29, 0.717) is 5.56 Å². The monoisotopic (exact) mass is 301 g/mol. The number of rotatable bonds is 4. The number of phenols is 1. The molecule has 0 saturated carbocycles. The molecule has 1 aliphatic heterocycles. The van der Waals surface area contributed by atoms with Crippen LogP contribution in [0.3, 0.4) is 0 Å². The van der Waals surface area contributed by atoms with Crippen LogP contribution in [0.5, 0.6) is 5.75 Å². The van der Waals surface area contributed by atoms with Gasteiger partial charge in [-0.05, 0) is 37.1 Å². The SMILES string of the molecule is NS(=O)(=O)Nc1cc(C(O)C2CCCCN2)ccc1O. The Morgan fingerprint density at radius 1 is 1.40 bits per heavy atom. The molecular formula is C12H19N3O4S. The van der Waals surface area contributed by atoms with Crippen molar-refractivity contribution < 1.29 is 18.6 Å². The average molecular weight is 301 g/mol. The number of aliphatic hydroxyl groups is 1. The number of piperidine rings is 1. The van der Waals surface area contributed by atoms with Crippen molar-refractivity contribution in [3.05, 3.63) is 23.8 Å². The van der Waals surface area contributed by atoms with Crippen LogP contribution < -0.4 is 15.2 Å². The van der Waals surface area contributed by atoms with Gasteiger partial charge in [-0.15, -0.1) is 0 Å². The van der Waals surface area contributed by atoms with E-state index in [0.717, 1.165) is 25.8 Å². The molecule has 2 rings (SSSR count). The molecule has 112 valence electrons. The molecule has 6 N–H and O–H groups in total. The summed E-state index contributed by atoms with van der Waals surface area (Å²) in [6, 6.07) is 4.20. The molecule has 1 fully saturated rings. The lowest BCUT2D eigenvalue weighted by atomic mass is 9.94. The lowest BCUT2D eigenvalue weighted by molar-refractivity contribution is 0.114. The molecule has 0 aliphatic carbocycles. The van der Waals surface area contributed by atoms with Gasteiger partial charge in [0, 0.05) is 6.04 Å². The smallest absolute Gasteiger partial charge is 0.296 e. The molecular weight excluding hydrogens is 282 g/mol. The lowest BCUT2D eigenvalue weighted by Crippen LogP contribution is -2.38.